The Hall–Kier alpha value is -3.61. The molecule has 0 aliphatic heterocycles. The number of rotatable bonds is 6. The molecule has 4 rings (SSSR count). The summed E-state index contributed by atoms with van der Waals surface area (Å²) in [7, 11) is -3.15. The van der Waals surface area contributed by atoms with Gasteiger partial charge in [0, 0.05) is 16.8 Å². The third-order valence-corrected chi connectivity index (χ3v) is 7.50. The Labute approximate surface area is 215 Å². The Morgan fingerprint density at radius 2 is 1.82 bits per heavy atom. The summed E-state index contributed by atoms with van der Waals surface area (Å²) < 4.78 is 95.8. The Kier molecular flexibility index (Phi) is 7.17. The quantitative estimate of drug-likeness (QED) is 0.329. The molecule has 0 bridgehead atoms. The van der Waals surface area contributed by atoms with Crippen LogP contribution in [0.2, 0.25) is 0 Å². The Morgan fingerprint density at radius 1 is 1.13 bits per heavy atom. The van der Waals surface area contributed by atoms with Gasteiger partial charge in [0.05, 0.1) is 9.73 Å². The molecule has 2 aromatic carbocycles. The topological polar surface area (TPSA) is 105 Å². The summed E-state index contributed by atoms with van der Waals surface area (Å²) in [6.07, 6.45) is -1.50. The number of carbonyl (C=O) groups is 1. The third kappa shape index (κ3) is 5.33. The first-order valence-electron chi connectivity index (χ1n) is 11.4. The van der Waals surface area contributed by atoms with Crippen molar-refractivity contribution in [1.82, 2.24) is 10.2 Å². The molecule has 1 amide bonds. The van der Waals surface area contributed by atoms with Crippen LogP contribution in [0.1, 0.15) is 57.9 Å². The van der Waals surface area contributed by atoms with Crippen LogP contribution in [0.3, 0.4) is 0 Å². The molecule has 1 atom stereocenters. The molecule has 1 aliphatic carbocycles. The summed E-state index contributed by atoms with van der Waals surface area (Å²) >= 11 is 0. The van der Waals surface area contributed by atoms with E-state index in [4.69, 9.17) is 9.52 Å². The summed E-state index contributed by atoms with van der Waals surface area (Å²) in [5, 5.41) is 8.90. The molecule has 1 aliphatic rings. The maximum absolute atomic E-state index is 15.1. The van der Waals surface area contributed by atoms with Crippen molar-refractivity contribution in [2.75, 3.05) is 11.6 Å². The fourth-order valence-corrected chi connectivity index (χ4v) is 4.81. The fraction of sp³-hybridized carbons (Fsp3) is 0.320. The van der Waals surface area contributed by atoms with Crippen LogP contribution >= 0.6 is 0 Å². The van der Waals surface area contributed by atoms with Gasteiger partial charge >= 0.3 is 6.18 Å². The average molecular weight is 555 g/mol. The van der Waals surface area contributed by atoms with Crippen LogP contribution in [0.25, 0.3) is 0 Å². The van der Waals surface area contributed by atoms with Gasteiger partial charge in [-0.2, -0.15) is 17.6 Å². The van der Waals surface area contributed by atoms with Crippen LogP contribution in [0.15, 0.2) is 35.2 Å². The van der Waals surface area contributed by atoms with Gasteiger partial charge in [0.15, 0.2) is 17.3 Å². The number of alkyl halides is 3. The lowest BCUT2D eigenvalue weighted by atomic mass is 9.79. The van der Waals surface area contributed by atoms with E-state index in [0.29, 0.717) is 12.8 Å². The van der Waals surface area contributed by atoms with Gasteiger partial charge in [-0.25, -0.2) is 13.4 Å². The van der Waals surface area contributed by atoms with Crippen molar-refractivity contribution >= 4 is 21.3 Å². The molecule has 7 nitrogen and oxygen atoms in total. The lowest BCUT2D eigenvalue weighted by Crippen LogP contribution is -2.21. The van der Waals surface area contributed by atoms with Gasteiger partial charge in [0.1, 0.15) is 5.56 Å². The molecule has 1 heterocycles. The van der Waals surface area contributed by atoms with Crippen molar-refractivity contribution in [1.29, 1.82) is 4.78 Å². The van der Waals surface area contributed by atoms with Crippen molar-refractivity contribution in [3.63, 3.8) is 0 Å². The molecule has 1 saturated carbocycles. The monoisotopic (exact) mass is 554 g/mol. The van der Waals surface area contributed by atoms with Gasteiger partial charge in [-0.1, -0.05) is 12.5 Å². The molecule has 0 spiro atoms. The van der Waals surface area contributed by atoms with Gasteiger partial charge in [-0.3, -0.25) is 4.79 Å². The first-order chi connectivity index (χ1) is 17.7. The predicted octanol–water partition coefficient (Wildman–Crippen LogP) is 6.74. The number of aromatic nitrogens is 2. The van der Waals surface area contributed by atoms with Crippen LogP contribution in [-0.2, 0) is 15.9 Å². The standard InChI is InChI=1S/C25H23F5N4O3S/c1-12-10-17(14-6-4-7-14)19(26)20(27)21(12)37-24-18(13(2)22(33-34-24)25(28,29)30)23(35)32-15-8-5-9-16(11-15)38(3,31)36/h5,8-11,14,31H,4,6-7H2,1-3H3,(H,32,35). The Morgan fingerprint density at radius 3 is 2.39 bits per heavy atom. The van der Waals surface area contributed by atoms with E-state index < -0.39 is 61.9 Å². The number of anilines is 1. The van der Waals surface area contributed by atoms with E-state index >= 15 is 4.39 Å². The lowest BCUT2D eigenvalue weighted by molar-refractivity contribution is -0.142. The number of hydrogen-bond donors (Lipinski definition) is 2. The van der Waals surface area contributed by atoms with E-state index in [0.717, 1.165) is 13.3 Å². The van der Waals surface area contributed by atoms with Gasteiger partial charge < -0.3 is 10.1 Å². The molecule has 1 fully saturated rings. The minimum atomic E-state index is -4.97. The smallest absolute Gasteiger partial charge is 0.433 e. The highest BCUT2D eigenvalue weighted by Crippen LogP contribution is 2.42. The zero-order valence-corrected chi connectivity index (χ0v) is 21.3. The summed E-state index contributed by atoms with van der Waals surface area (Å²) in [5.74, 6) is -5.13. The molecule has 0 radical (unpaired) electrons. The summed E-state index contributed by atoms with van der Waals surface area (Å²) in [5.41, 5.74) is -2.44. The van der Waals surface area contributed by atoms with Gasteiger partial charge in [0.2, 0.25) is 5.82 Å². The fourth-order valence-electron chi connectivity index (χ4n) is 4.12. The van der Waals surface area contributed by atoms with Crippen molar-refractivity contribution in [3.8, 4) is 11.6 Å². The average Bonchev–Trinajstić information content (AvgIpc) is 2.77. The highest BCUT2D eigenvalue weighted by Gasteiger charge is 2.38. The lowest BCUT2D eigenvalue weighted by Gasteiger charge is -2.27. The minimum absolute atomic E-state index is 0.0308. The molecule has 3 aromatic rings. The van der Waals surface area contributed by atoms with Crippen LogP contribution in [-0.4, -0.2) is 26.6 Å². The largest absolute Gasteiger partial charge is 0.435 e. The second-order valence-electron chi connectivity index (χ2n) is 9.15. The summed E-state index contributed by atoms with van der Waals surface area (Å²) in [6, 6.07) is 6.83. The molecule has 38 heavy (non-hydrogen) atoms. The van der Waals surface area contributed by atoms with E-state index in [-0.39, 0.29) is 27.6 Å². The zero-order valence-electron chi connectivity index (χ0n) is 20.5. The zero-order chi connectivity index (χ0) is 28.0. The molecular weight excluding hydrogens is 531 g/mol. The summed E-state index contributed by atoms with van der Waals surface area (Å²) in [4.78, 5) is 13.3. The van der Waals surface area contributed by atoms with Crippen molar-refractivity contribution in [2.45, 2.75) is 50.1 Å². The highest BCUT2D eigenvalue weighted by atomic mass is 32.2. The minimum Gasteiger partial charge on any atom is -0.433 e. The SMILES string of the molecule is Cc1cc(C2CCC2)c(F)c(F)c1Oc1nnc(C(F)(F)F)c(C)c1C(=O)Nc1cccc(S(C)(=N)=O)c1. The van der Waals surface area contributed by atoms with Crippen molar-refractivity contribution in [3.05, 3.63) is 69.9 Å². The van der Waals surface area contributed by atoms with Crippen LogP contribution in [0.4, 0.5) is 27.6 Å². The van der Waals surface area contributed by atoms with E-state index in [1.54, 1.807) is 0 Å². The van der Waals surface area contributed by atoms with E-state index in [9.17, 15) is 26.6 Å². The number of aryl methyl sites for hydroxylation is 1. The van der Waals surface area contributed by atoms with E-state index in [1.807, 2.05) is 0 Å². The maximum atomic E-state index is 15.1. The maximum Gasteiger partial charge on any atom is 0.435 e. The van der Waals surface area contributed by atoms with Crippen molar-refractivity contribution in [2.24, 2.45) is 0 Å². The molecule has 13 heteroatoms. The number of carbonyl (C=O) groups excluding carboxylic acids is 1. The molecule has 2 N–H and O–H groups in total. The second-order valence-corrected chi connectivity index (χ2v) is 11.3. The second kappa shape index (κ2) is 9.93. The van der Waals surface area contributed by atoms with Crippen LogP contribution in [0, 0.1) is 30.3 Å². The predicted molar refractivity (Wildman–Crippen MR) is 129 cm³/mol. The van der Waals surface area contributed by atoms with Crippen molar-refractivity contribution < 1.29 is 35.7 Å². The molecule has 1 unspecified atom stereocenters. The summed E-state index contributed by atoms with van der Waals surface area (Å²) in [6.45, 7) is 2.42. The number of amides is 1. The van der Waals surface area contributed by atoms with Gasteiger partial charge in [-0.15, -0.1) is 10.2 Å². The first kappa shape index (κ1) is 27.4. The van der Waals surface area contributed by atoms with Gasteiger partial charge in [-0.05, 0) is 73.6 Å². The molecular formula is C25H23F5N4O3S. The Balaban J connectivity index is 1.78. The number of benzene rings is 2. The first-order valence-corrected chi connectivity index (χ1v) is 13.4. The highest BCUT2D eigenvalue weighted by molar-refractivity contribution is 7.91. The number of nitrogens with zero attached hydrogens (tertiary/aromatic N) is 2. The molecule has 202 valence electrons. The number of halogens is 5. The number of nitrogens with one attached hydrogen (secondary N) is 2. The molecule has 1 aromatic heterocycles. The number of hydrogen-bond acceptors (Lipinski definition) is 6. The van der Waals surface area contributed by atoms with E-state index in [2.05, 4.69) is 15.5 Å². The van der Waals surface area contributed by atoms with Gasteiger partial charge in [0.25, 0.3) is 11.8 Å². The van der Waals surface area contributed by atoms with E-state index in [1.165, 1.54) is 43.5 Å². The number of ether oxygens (including phenoxy) is 1. The third-order valence-electron chi connectivity index (χ3n) is 6.34. The Bertz CT molecular complexity index is 1540. The molecule has 0 saturated heterocycles. The normalized spacial score (nSPS) is 15.5. The van der Waals surface area contributed by atoms with Crippen LogP contribution in [0.5, 0.6) is 11.6 Å². The van der Waals surface area contributed by atoms with Crippen LogP contribution < -0.4 is 10.1 Å².